The van der Waals surface area contributed by atoms with Crippen LogP contribution in [0.3, 0.4) is 0 Å². The van der Waals surface area contributed by atoms with Gasteiger partial charge in [0, 0.05) is 54.3 Å². The van der Waals surface area contributed by atoms with E-state index in [9.17, 15) is 23.7 Å². The number of anilines is 1. The molecule has 0 N–H and O–H groups in total. The molecule has 182 valence electrons. The van der Waals surface area contributed by atoms with Gasteiger partial charge in [-0.05, 0) is 61.9 Å². The summed E-state index contributed by atoms with van der Waals surface area (Å²) in [5.41, 5.74) is 2.39. The lowest BCUT2D eigenvalue weighted by Crippen LogP contribution is -2.53. The first-order valence-electron chi connectivity index (χ1n) is 11.2. The Bertz CT molecular complexity index is 1270. The summed E-state index contributed by atoms with van der Waals surface area (Å²) in [6, 6.07) is 15.7. The molecule has 1 amide bonds. The van der Waals surface area contributed by atoms with E-state index in [0.29, 0.717) is 19.6 Å². The second-order valence-corrected chi connectivity index (χ2v) is 9.61. The van der Waals surface area contributed by atoms with E-state index in [0.717, 1.165) is 35.6 Å². The molecule has 35 heavy (non-hydrogen) atoms. The molecule has 3 aromatic rings. The maximum atomic E-state index is 13.9. The molecule has 4 rings (SSSR count). The number of halogens is 2. The average Bonchev–Trinajstić information content (AvgIpc) is 2.84. The molecule has 0 radical (unpaired) electrons. The van der Waals surface area contributed by atoms with E-state index in [1.54, 1.807) is 11.0 Å². The van der Waals surface area contributed by atoms with E-state index < -0.39 is 16.6 Å². The fraction of sp³-hybridized carbons (Fsp3) is 0.269. The highest BCUT2D eigenvalue weighted by molar-refractivity contribution is 7.98. The number of nitro benzene ring substituents is 1. The summed E-state index contributed by atoms with van der Waals surface area (Å²) in [4.78, 5) is 28.6. The fourth-order valence-electron chi connectivity index (χ4n) is 4.24. The SMILES string of the molecule is Cc1cccc(N2CCN(C(=O)c3ccc(SCc4cc(F)ccc4F)c([N+](=O)[O-])c3)C[C@@H]2C)c1. The van der Waals surface area contributed by atoms with Crippen LogP contribution in [0.5, 0.6) is 0 Å². The largest absolute Gasteiger partial charge is 0.365 e. The standard InChI is InChI=1S/C26H25F2N3O3S/c1-17-4-3-5-22(12-17)30-11-10-29(15-18(30)2)26(32)19-6-9-25(24(14-19)31(33)34)35-16-20-13-21(27)7-8-23(20)28/h3-9,12-14,18H,10-11,15-16H2,1-2H3/t18-/m0/s1. The number of piperazine rings is 1. The minimum Gasteiger partial charge on any atom is -0.365 e. The van der Waals surface area contributed by atoms with E-state index in [4.69, 9.17) is 0 Å². The van der Waals surface area contributed by atoms with Crippen LogP contribution in [0.15, 0.2) is 65.6 Å². The first kappa shape index (κ1) is 24.7. The fourth-order valence-corrected chi connectivity index (χ4v) is 5.22. The molecule has 9 heteroatoms. The molecular formula is C26H25F2N3O3S. The zero-order chi connectivity index (χ0) is 25.1. The highest BCUT2D eigenvalue weighted by Crippen LogP contribution is 2.33. The van der Waals surface area contributed by atoms with Gasteiger partial charge in [0.15, 0.2) is 0 Å². The molecule has 3 aromatic carbocycles. The molecule has 1 saturated heterocycles. The van der Waals surface area contributed by atoms with Crippen molar-refractivity contribution in [3.63, 3.8) is 0 Å². The van der Waals surface area contributed by atoms with Gasteiger partial charge in [-0.25, -0.2) is 8.78 Å². The summed E-state index contributed by atoms with van der Waals surface area (Å²) in [6.07, 6.45) is 0. The molecule has 0 aromatic heterocycles. The van der Waals surface area contributed by atoms with E-state index >= 15 is 0 Å². The van der Waals surface area contributed by atoms with Crippen molar-refractivity contribution in [3.05, 3.63) is 99.1 Å². The van der Waals surface area contributed by atoms with Crippen LogP contribution in [0.1, 0.15) is 28.4 Å². The molecule has 1 atom stereocenters. The number of nitrogens with zero attached hydrogens (tertiary/aromatic N) is 3. The van der Waals surface area contributed by atoms with Crippen LogP contribution in [0.2, 0.25) is 0 Å². The first-order chi connectivity index (χ1) is 16.7. The summed E-state index contributed by atoms with van der Waals surface area (Å²) in [6.45, 7) is 5.74. The topological polar surface area (TPSA) is 66.7 Å². The van der Waals surface area contributed by atoms with Crippen LogP contribution >= 0.6 is 11.8 Å². The van der Waals surface area contributed by atoms with Crippen molar-refractivity contribution in [2.75, 3.05) is 24.5 Å². The van der Waals surface area contributed by atoms with Gasteiger partial charge >= 0.3 is 0 Å². The van der Waals surface area contributed by atoms with E-state index in [1.807, 2.05) is 19.1 Å². The third-order valence-electron chi connectivity index (χ3n) is 6.04. The Morgan fingerprint density at radius 1 is 1.11 bits per heavy atom. The maximum Gasteiger partial charge on any atom is 0.283 e. The second-order valence-electron chi connectivity index (χ2n) is 8.60. The number of amides is 1. The highest BCUT2D eigenvalue weighted by Gasteiger charge is 2.29. The van der Waals surface area contributed by atoms with Crippen LogP contribution < -0.4 is 4.90 Å². The normalized spacial score (nSPS) is 15.8. The third-order valence-corrected chi connectivity index (χ3v) is 7.15. The molecule has 1 fully saturated rings. The van der Waals surface area contributed by atoms with Crippen molar-refractivity contribution >= 4 is 29.0 Å². The third kappa shape index (κ3) is 5.62. The van der Waals surface area contributed by atoms with Gasteiger partial charge in [-0.3, -0.25) is 14.9 Å². The number of aryl methyl sites for hydroxylation is 1. The molecule has 1 aliphatic rings. The number of benzene rings is 3. The van der Waals surface area contributed by atoms with Gasteiger partial charge in [-0.2, -0.15) is 0 Å². The second kappa shape index (κ2) is 10.4. The lowest BCUT2D eigenvalue weighted by Gasteiger charge is -2.41. The highest BCUT2D eigenvalue weighted by atomic mass is 32.2. The Kier molecular flexibility index (Phi) is 7.35. The van der Waals surface area contributed by atoms with Crippen molar-refractivity contribution in [1.29, 1.82) is 0 Å². The quantitative estimate of drug-likeness (QED) is 0.244. The Balaban J connectivity index is 1.48. The monoisotopic (exact) mass is 497 g/mol. The molecule has 1 aliphatic heterocycles. The minimum absolute atomic E-state index is 0.0240. The van der Waals surface area contributed by atoms with Crippen molar-refractivity contribution in [3.8, 4) is 0 Å². The van der Waals surface area contributed by atoms with Gasteiger partial charge < -0.3 is 9.80 Å². The van der Waals surface area contributed by atoms with Crippen molar-refractivity contribution in [2.24, 2.45) is 0 Å². The molecule has 0 aliphatic carbocycles. The number of carbonyl (C=O) groups excluding carboxylic acids is 1. The molecule has 0 spiro atoms. The van der Waals surface area contributed by atoms with Gasteiger partial charge in [-0.1, -0.05) is 12.1 Å². The number of carbonyl (C=O) groups is 1. The zero-order valence-electron chi connectivity index (χ0n) is 19.4. The Hall–Kier alpha value is -3.46. The Morgan fingerprint density at radius 3 is 2.63 bits per heavy atom. The summed E-state index contributed by atoms with van der Waals surface area (Å²) in [5.74, 6) is -1.39. The van der Waals surface area contributed by atoms with Crippen LogP contribution in [0, 0.1) is 28.7 Å². The van der Waals surface area contributed by atoms with Crippen LogP contribution in [0.25, 0.3) is 0 Å². The molecule has 0 saturated carbocycles. The van der Waals surface area contributed by atoms with E-state index in [2.05, 4.69) is 24.0 Å². The maximum absolute atomic E-state index is 13.9. The Morgan fingerprint density at radius 2 is 1.91 bits per heavy atom. The van der Waals surface area contributed by atoms with Crippen LogP contribution in [-0.4, -0.2) is 41.4 Å². The summed E-state index contributed by atoms with van der Waals surface area (Å²) < 4.78 is 27.4. The lowest BCUT2D eigenvalue weighted by atomic mass is 10.1. The summed E-state index contributed by atoms with van der Waals surface area (Å²) >= 11 is 1.03. The molecule has 0 bridgehead atoms. The average molecular weight is 498 g/mol. The van der Waals surface area contributed by atoms with Gasteiger partial charge in [0.05, 0.1) is 9.82 Å². The summed E-state index contributed by atoms with van der Waals surface area (Å²) in [5, 5.41) is 11.7. The Labute approximate surface area is 206 Å². The van der Waals surface area contributed by atoms with Gasteiger partial charge in [0.25, 0.3) is 11.6 Å². The van der Waals surface area contributed by atoms with Crippen molar-refractivity contribution in [1.82, 2.24) is 4.90 Å². The van der Waals surface area contributed by atoms with E-state index in [-0.39, 0.29) is 39.4 Å². The zero-order valence-corrected chi connectivity index (χ0v) is 20.2. The number of thioether (sulfide) groups is 1. The van der Waals surface area contributed by atoms with Crippen LogP contribution in [0.4, 0.5) is 20.2 Å². The van der Waals surface area contributed by atoms with E-state index in [1.165, 1.54) is 17.7 Å². The van der Waals surface area contributed by atoms with Crippen molar-refractivity contribution in [2.45, 2.75) is 30.5 Å². The smallest absolute Gasteiger partial charge is 0.283 e. The van der Waals surface area contributed by atoms with Crippen LogP contribution in [-0.2, 0) is 5.75 Å². The van der Waals surface area contributed by atoms with Gasteiger partial charge in [-0.15, -0.1) is 11.8 Å². The van der Waals surface area contributed by atoms with Crippen molar-refractivity contribution < 1.29 is 18.5 Å². The predicted molar refractivity (Wildman–Crippen MR) is 133 cm³/mol. The number of hydrogen-bond donors (Lipinski definition) is 0. The number of hydrogen-bond acceptors (Lipinski definition) is 5. The molecule has 6 nitrogen and oxygen atoms in total. The molecular weight excluding hydrogens is 472 g/mol. The lowest BCUT2D eigenvalue weighted by molar-refractivity contribution is -0.387. The predicted octanol–water partition coefficient (Wildman–Crippen LogP) is 5.82. The molecule has 0 unspecified atom stereocenters. The number of nitro groups is 1. The summed E-state index contributed by atoms with van der Waals surface area (Å²) in [7, 11) is 0. The number of rotatable bonds is 6. The van der Waals surface area contributed by atoms with Gasteiger partial charge in [0.2, 0.25) is 0 Å². The van der Waals surface area contributed by atoms with Gasteiger partial charge in [0.1, 0.15) is 11.6 Å². The first-order valence-corrected chi connectivity index (χ1v) is 12.2. The molecule has 1 heterocycles. The minimum atomic E-state index is -0.577.